The molecule has 1 aromatic carbocycles. The summed E-state index contributed by atoms with van der Waals surface area (Å²) in [7, 11) is 0. The maximum absolute atomic E-state index is 5.81. The van der Waals surface area contributed by atoms with Crippen molar-refractivity contribution in [3.05, 3.63) is 40.3 Å². The van der Waals surface area contributed by atoms with Crippen molar-refractivity contribution in [3.8, 4) is 0 Å². The van der Waals surface area contributed by atoms with E-state index in [0.717, 1.165) is 17.0 Å². The Morgan fingerprint density at radius 2 is 1.96 bits per heavy atom. The lowest BCUT2D eigenvalue weighted by molar-refractivity contribution is 0.333. The zero-order valence-corrected chi connectivity index (χ0v) is 14.9. The second kappa shape index (κ2) is 5.22. The number of oxazole rings is 1. The number of allylic oxidation sites excluding steroid dienone is 2. The molecule has 23 heavy (non-hydrogen) atoms. The lowest BCUT2D eigenvalue weighted by Gasteiger charge is -2.42. The van der Waals surface area contributed by atoms with Gasteiger partial charge in [0.1, 0.15) is 5.52 Å². The molecule has 0 aliphatic heterocycles. The molecule has 4 rings (SSSR count). The van der Waals surface area contributed by atoms with Crippen LogP contribution in [0.5, 0.6) is 0 Å². The first-order valence-electron chi connectivity index (χ1n) is 9.03. The van der Waals surface area contributed by atoms with Gasteiger partial charge < -0.3 is 4.42 Å². The standard InChI is InChI=1S/C21H27NO/c1-11(2)8-15-9-13(4)16-7-6-12(3)17-19(16)18(15)14(5)21-20(17)22-10-23-21/h8,10,12-13,15-16H,6-7,9H2,1-5H3/t12-,13+,15+,16-/m1/s1. The second-order valence-corrected chi connectivity index (χ2v) is 8.04. The first kappa shape index (κ1) is 15.0. The van der Waals surface area contributed by atoms with Gasteiger partial charge >= 0.3 is 0 Å². The van der Waals surface area contributed by atoms with Crippen LogP contribution in [0.25, 0.3) is 11.1 Å². The third-order valence-electron chi connectivity index (χ3n) is 6.14. The largest absolute Gasteiger partial charge is 0.443 e. The number of nitrogens with zero attached hydrogens (tertiary/aromatic N) is 1. The third kappa shape index (κ3) is 2.10. The molecule has 2 aromatic rings. The van der Waals surface area contributed by atoms with Gasteiger partial charge in [0.05, 0.1) is 0 Å². The fourth-order valence-corrected chi connectivity index (χ4v) is 5.20. The lowest BCUT2D eigenvalue weighted by atomic mass is 9.62. The Hall–Kier alpha value is -1.57. The molecular weight excluding hydrogens is 282 g/mol. The number of fused-ring (bicyclic) bond motifs is 2. The van der Waals surface area contributed by atoms with Crippen molar-refractivity contribution >= 4 is 11.1 Å². The molecule has 0 bridgehead atoms. The highest BCUT2D eigenvalue weighted by atomic mass is 16.3. The minimum atomic E-state index is 0.528. The Balaban J connectivity index is 2.10. The van der Waals surface area contributed by atoms with Gasteiger partial charge in [-0.2, -0.15) is 0 Å². The molecule has 122 valence electrons. The van der Waals surface area contributed by atoms with E-state index < -0.39 is 0 Å². The number of hydrogen-bond donors (Lipinski definition) is 0. The van der Waals surface area contributed by atoms with Gasteiger partial charge in [-0.15, -0.1) is 0 Å². The van der Waals surface area contributed by atoms with Crippen LogP contribution in [-0.2, 0) is 0 Å². The van der Waals surface area contributed by atoms with E-state index in [1.54, 1.807) is 17.5 Å². The summed E-state index contributed by atoms with van der Waals surface area (Å²) >= 11 is 0. The SMILES string of the molecule is CC(C)=C[C@H]1C[C@H](C)[C@H]2CC[C@@H](C)c3c2c1c(C)c1ocnc31. The topological polar surface area (TPSA) is 26.0 Å². The molecule has 0 N–H and O–H groups in total. The van der Waals surface area contributed by atoms with Crippen molar-refractivity contribution in [1.82, 2.24) is 4.98 Å². The average Bonchev–Trinajstić information content (AvgIpc) is 2.95. The Morgan fingerprint density at radius 3 is 2.70 bits per heavy atom. The van der Waals surface area contributed by atoms with Gasteiger partial charge in [0.2, 0.25) is 0 Å². The Bertz CT molecular complexity index is 794. The highest BCUT2D eigenvalue weighted by Gasteiger charge is 2.40. The fourth-order valence-electron chi connectivity index (χ4n) is 5.20. The van der Waals surface area contributed by atoms with Gasteiger partial charge in [0.15, 0.2) is 12.0 Å². The molecule has 2 aliphatic carbocycles. The predicted octanol–water partition coefficient (Wildman–Crippen LogP) is 6.21. The van der Waals surface area contributed by atoms with E-state index in [-0.39, 0.29) is 0 Å². The molecule has 0 spiro atoms. The predicted molar refractivity (Wildman–Crippen MR) is 95.1 cm³/mol. The maximum Gasteiger partial charge on any atom is 0.182 e. The van der Waals surface area contributed by atoms with Gasteiger partial charge in [0, 0.05) is 5.92 Å². The summed E-state index contributed by atoms with van der Waals surface area (Å²) in [5, 5.41) is 0. The summed E-state index contributed by atoms with van der Waals surface area (Å²) in [5.41, 5.74) is 9.56. The van der Waals surface area contributed by atoms with Crippen molar-refractivity contribution in [2.75, 3.05) is 0 Å². The first-order valence-corrected chi connectivity index (χ1v) is 9.03. The molecule has 2 heteroatoms. The van der Waals surface area contributed by atoms with Crippen LogP contribution < -0.4 is 0 Å². The van der Waals surface area contributed by atoms with Crippen molar-refractivity contribution in [1.29, 1.82) is 0 Å². The van der Waals surface area contributed by atoms with Crippen molar-refractivity contribution in [2.24, 2.45) is 5.92 Å². The van der Waals surface area contributed by atoms with Crippen LogP contribution in [0.15, 0.2) is 22.5 Å². The molecule has 0 radical (unpaired) electrons. The molecule has 0 fully saturated rings. The highest BCUT2D eigenvalue weighted by molar-refractivity contribution is 5.84. The van der Waals surface area contributed by atoms with E-state index in [1.807, 2.05) is 0 Å². The van der Waals surface area contributed by atoms with Crippen LogP contribution in [0.2, 0.25) is 0 Å². The van der Waals surface area contributed by atoms with Crippen LogP contribution in [0.4, 0.5) is 0 Å². The van der Waals surface area contributed by atoms with Crippen LogP contribution >= 0.6 is 0 Å². The average molecular weight is 309 g/mol. The molecule has 2 nitrogen and oxygen atoms in total. The van der Waals surface area contributed by atoms with E-state index >= 15 is 0 Å². The number of aromatic nitrogens is 1. The summed E-state index contributed by atoms with van der Waals surface area (Å²) in [5.74, 6) is 2.57. The normalized spacial score (nSPS) is 29.4. The van der Waals surface area contributed by atoms with Gasteiger partial charge in [-0.25, -0.2) is 4.98 Å². The molecule has 4 atom stereocenters. The first-order chi connectivity index (χ1) is 11.0. The van der Waals surface area contributed by atoms with E-state index in [9.17, 15) is 0 Å². The quantitative estimate of drug-likeness (QED) is 0.585. The fraction of sp³-hybridized carbons (Fsp3) is 0.571. The molecule has 0 unspecified atom stereocenters. The molecule has 0 saturated heterocycles. The van der Waals surface area contributed by atoms with Crippen LogP contribution in [0.1, 0.15) is 87.0 Å². The number of rotatable bonds is 1. The van der Waals surface area contributed by atoms with E-state index in [4.69, 9.17) is 4.42 Å². The molecule has 2 aliphatic rings. The van der Waals surface area contributed by atoms with Crippen molar-refractivity contribution in [3.63, 3.8) is 0 Å². The van der Waals surface area contributed by atoms with Crippen LogP contribution in [-0.4, -0.2) is 4.98 Å². The molecule has 1 aromatic heterocycles. The van der Waals surface area contributed by atoms with Crippen LogP contribution in [0, 0.1) is 12.8 Å². The molecular formula is C21H27NO. The number of benzene rings is 1. The summed E-state index contributed by atoms with van der Waals surface area (Å²) in [4.78, 5) is 4.61. The minimum absolute atomic E-state index is 0.528. The summed E-state index contributed by atoms with van der Waals surface area (Å²) in [6, 6.07) is 0. The second-order valence-electron chi connectivity index (χ2n) is 8.04. The minimum Gasteiger partial charge on any atom is -0.443 e. The lowest BCUT2D eigenvalue weighted by Crippen LogP contribution is -2.28. The van der Waals surface area contributed by atoms with Gasteiger partial charge in [0.25, 0.3) is 0 Å². The maximum atomic E-state index is 5.81. The van der Waals surface area contributed by atoms with E-state index in [1.165, 1.54) is 36.0 Å². The summed E-state index contributed by atoms with van der Waals surface area (Å²) in [6.45, 7) is 11.5. The summed E-state index contributed by atoms with van der Waals surface area (Å²) in [6.07, 6.45) is 7.97. The monoisotopic (exact) mass is 309 g/mol. The van der Waals surface area contributed by atoms with E-state index in [0.29, 0.717) is 17.8 Å². The van der Waals surface area contributed by atoms with Gasteiger partial charge in [-0.3, -0.25) is 0 Å². The molecule has 0 amide bonds. The van der Waals surface area contributed by atoms with Crippen LogP contribution in [0.3, 0.4) is 0 Å². The molecule has 1 heterocycles. The summed E-state index contributed by atoms with van der Waals surface area (Å²) < 4.78 is 5.81. The Morgan fingerprint density at radius 1 is 1.17 bits per heavy atom. The van der Waals surface area contributed by atoms with E-state index in [2.05, 4.69) is 45.7 Å². The number of hydrogen-bond acceptors (Lipinski definition) is 2. The van der Waals surface area contributed by atoms with Crippen molar-refractivity contribution in [2.45, 2.75) is 71.6 Å². The zero-order valence-electron chi connectivity index (χ0n) is 14.9. The van der Waals surface area contributed by atoms with Gasteiger partial charge in [-0.1, -0.05) is 25.5 Å². The third-order valence-corrected chi connectivity index (χ3v) is 6.14. The highest BCUT2D eigenvalue weighted by Crippen LogP contribution is 2.54. The Labute approximate surface area is 139 Å². The van der Waals surface area contributed by atoms with Gasteiger partial charge in [-0.05, 0) is 80.0 Å². The Kier molecular flexibility index (Phi) is 3.40. The van der Waals surface area contributed by atoms with Crippen molar-refractivity contribution < 1.29 is 4.42 Å². The zero-order chi connectivity index (χ0) is 16.3. The number of aryl methyl sites for hydroxylation is 1. The smallest absolute Gasteiger partial charge is 0.182 e. The molecule has 0 saturated carbocycles.